The molecule has 0 aromatic carbocycles. The summed E-state index contributed by atoms with van der Waals surface area (Å²) in [6.45, 7) is 4.43. The van der Waals surface area contributed by atoms with Gasteiger partial charge in [-0.25, -0.2) is 4.98 Å². The summed E-state index contributed by atoms with van der Waals surface area (Å²) in [6, 6.07) is 4.14. The molecule has 2 aliphatic heterocycles. The van der Waals surface area contributed by atoms with Gasteiger partial charge in [0.1, 0.15) is 6.10 Å². The van der Waals surface area contributed by atoms with E-state index >= 15 is 0 Å². The van der Waals surface area contributed by atoms with Crippen molar-refractivity contribution in [1.29, 1.82) is 0 Å². The first kappa shape index (κ1) is 11.8. The Morgan fingerprint density at radius 3 is 2.61 bits per heavy atom. The van der Waals surface area contributed by atoms with Gasteiger partial charge in [0.15, 0.2) is 0 Å². The second-order valence-electron chi connectivity index (χ2n) is 5.12. The maximum absolute atomic E-state index is 5.90. The van der Waals surface area contributed by atoms with E-state index in [2.05, 4.69) is 21.3 Å². The number of rotatable bonds is 3. The minimum Gasteiger partial charge on any atom is -0.474 e. The lowest BCUT2D eigenvalue weighted by atomic mass is 10.1. The van der Waals surface area contributed by atoms with Crippen LogP contribution in [0.2, 0.25) is 0 Å². The molecule has 1 N–H and O–H groups in total. The van der Waals surface area contributed by atoms with E-state index in [0.29, 0.717) is 6.10 Å². The molecule has 0 aliphatic carbocycles. The molecule has 0 spiro atoms. The average molecular weight is 247 g/mol. The normalized spacial score (nSPS) is 21.2. The Bertz CT molecular complexity index is 367. The molecule has 98 valence electrons. The highest BCUT2D eigenvalue weighted by atomic mass is 16.5. The number of hydrogen-bond donors (Lipinski definition) is 1. The van der Waals surface area contributed by atoms with E-state index < -0.39 is 0 Å². The maximum Gasteiger partial charge on any atom is 0.213 e. The topological polar surface area (TPSA) is 37.4 Å². The minimum atomic E-state index is 0.330. The lowest BCUT2D eigenvalue weighted by molar-refractivity contribution is 0.156. The first-order valence-corrected chi connectivity index (χ1v) is 7.00. The SMILES string of the molecule is c1cc(OC2CCNCC2)ncc1N1CCCC1. The molecule has 0 unspecified atom stereocenters. The number of pyridine rings is 1. The summed E-state index contributed by atoms with van der Waals surface area (Å²) in [5.41, 5.74) is 1.23. The van der Waals surface area contributed by atoms with Gasteiger partial charge in [-0.15, -0.1) is 0 Å². The number of ether oxygens (including phenoxy) is 1. The van der Waals surface area contributed by atoms with Gasteiger partial charge in [-0.05, 0) is 44.8 Å². The summed E-state index contributed by atoms with van der Waals surface area (Å²) < 4.78 is 5.90. The van der Waals surface area contributed by atoms with Crippen LogP contribution in [0.15, 0.2) is 18.3 Å². The molecule has 3 heterocycles. The van der Waals surface area contributed by atoms with Crippen LogP contribution < -0.4 is 15.0 Å². The zero-order valence-electron chi connectivity index (χ0n) is 10.8. The molecule has 4 nitrogen and oxygen atoms in total. The zero-order valence-corrected chi connectivity index (χ0v) is 10.8. The molecule has 18 heavy (non-hydrogen) atoms. The van der Waals surface area contributed by atoms with E-state index in [1.54, 1.807) is 0 Å². The number of aromatic nitrogens is 1. The molecule has 1 aromatic heterocycles. The molecule has 2 fully saturated rings. The third-order valence-electron chi connectivity index (χ3n) is 3.77. The Morgan fingerprint density at radius 1 is 1.17 bits per heavy atom. The van der Waals surface area contributed by atoms with Gasteiger partial charge in [-0.1, -0.05) is 0 Å². The molecule has 0 atom stereocenters. The monoisotopic (exact) mass is 247 g/mol. The van der Waals surface area contributed by atoms with Crippen LogP contribution in [0.3, 0.4) is 0 Å². The zero-order chi connectivity index (χ0) is 12.2. The lowest BCUT2D eigenvalue weighted by Gasteiger charge is -2.23. The third-order valence-corrected chi connectivity index (χ3v) is 3.77. The Morgan fingerprint density at radius 2 is 1.94 bits per heavy atom. The van der Waals surface area contributed by atoms with Crippen molar-refractivity contribution in [2.75, 3.05) is 31.1 Å². The highest BCUT2D eigenvalue weighted by molar-refractivity contribution is 5.46. The fourth-order valence-electron chi connectivity index (χ4n) is 2.69. The summed E-state index contributed by atoms with van der Waals surface area (Å²) in [4.78, 5) is 6.82. The summed E-state index contributed by atoms with van der Waals surface area (Å²) in [6.07, 6.45) is 7.03. The molecular formula is C14H21N3O. The van der Waals surface area contributed by atoms with Gasteiger partial charge in [-0.2, -0.15) is 0 Å². The van der Waals surface area contributed by atoms with E-state index in [1.165, 1.54) is 18.5 Å². The van der Waals surface area contributed by atoms with E-state index in [1.807, 2.05) is 12.3 Å². The summed E-state index contributed by atoms with van der Waals surface area (Å²) in [5.74, 6) is 0.768. The van der Waals surface area contributed by atoms with E-state index in [0.717, 1.165) is 44.9 Å². The molecule has 1 aromatic rings. The molecule has 0 bridgehead atoms. The predicted octanol–water partition coefficient (Wildman–Crippen LogP) is 1.81. The molecular weight excluding hydrogens is 226 g/mol. The summed E-state index contributed by atoms with van der Waals surface area (Å²) in [7, 11) is 0. The third kappa shape index (κ3) is 2.75. The first-order chi connectivity index (χ1) is 8.92. The van der Waals surface area contributed by atoms with E-state index in [9.17, 15) is 0 Å². The van der Waals surface area contributed by atoms with Gasteiger partial charge in [-0.3, -0.25) is 0 Å². The smallest absolute Gasteiger partial charge is 0.213 e. The van der Waals surface area contributed by atoms with E-state index in [-0.39, 0.29) is 0 Å². The van der Waals surface area contributed by atoms with Gasteiger partial charge < -0.3 is 15.0 Å². The van der Waals surface area contributed by atoms with Gasteiger partial charge >= 0.3 is 0 Å². The molecule has 4 heteroatoms. The number of nitrogens with one attached hydrogen (secondary N) is 1. The van der Waals surface area contributed by atoms with Crippen molar-refractivity contribution in [1.82, 2.24) is 10.3 Å². The summed E-state index contributed by atoms with van der Waals surface area (Å²) >= 11 is 0. The van der Waals surface area contributed by atoms with Crippen LogP contribution in [-0.4, -0.2) is 37.3 Å². The van der Waals surface area contributed by atoms with Crippen molar-refractivity contribution in [3.63, 3.8) is 0 Å². The molecule has 2 saturated heterocycles. The number of piperidine rings is 1. The quantitative estimate of drug-likeness (QED) is 0.884. The van der Waals surface area contributed by atoms with Crippen molar-refractivity contribution in [2.45, 2.75) is 31.8 Å². The summed E-state index contributed by atoms with van der Waals surface area (Å²) in [5, 5.41) is 3.34. The Kier molecular flexibility index (Phi) is 3.64. The fraction of sp³-hybridized carbons (Fsp3) is 0.643. The van der Waals surface area contributed by atoms with Gasteiger partial charge in [0.2, 0.25) is 5.88 Å². The molecule has 2 aliphatic rings. The van der Waals surface area contributed by atoms with Crippen LogP contribution >= 0.6 is 0 Å². The van der Waals surface area contributed by atoms with Crippen molar-refractivity contribution in [3.8, 4) is 5.88 Å². The van der Waals surface area contributed by atoms with Crippen LogP contribution in [-0.2, 0) is 0 Å². The highest BCUT2D eigenvalue weighted by Gasteiger charge is 2.16. The molecule has 3 rings (SSSR count). The number of hydrogen-bond acceptors (Lipinski definition) is 4. The van der Waals surface area contributed by atoms with Crippen LogP contribution in [0.4, 0.5) is 5.69 Å². The Balaban J connectivity index is 1.59. The molecule has 0 saturated carbocycles. The highest BCUT2D eigenvalue weighted by Crippen LogP contribution is 2.22. The first-order valence-electron chi connectivity index (χ1n) is 7.00. The van der Waals surface area contributed by atoms with Gasteiger partial charge in [0.05, 0.1) is 11.9 Å². The van der Waals surface area contributed by atoms with Crippen molar-refractivity contribution in [3.05, 3.63) is 18.3 Å². The minimum absolute atomic E-state index is 0.330. The molecule has 0 radical (unpaired) electrons. The lowest BCUT2D eigenvalue weighted by Crippen LogP contribution is -2.34. The number of nitrogens with zero attached hydrogens (tertiary/aromatic N) is 2. The van der Waals surface area contributed by atoms with Gasteiger partial charge in [0, 0.05) is 19.2 Å². The van der Waals surface area contributed by atoms with Crippen molar-refractivity contribution in [2.24, 2.45) is 0 Å². The number of anilines is 1. The van der Waals surface area contributed by atoms with Gasteiger partial charge in [0.25, 0.3) is 0 Å². The van der Waals surface area contributed by atoms with Crippen LogP contribution in [0, 0.1) is 0 Å². The Labute approximate surface area is 108 Å². The van der Waals surface area contributed by atoms with Crippen LogP contribution in [0.5, 0.6) is 5.88 Å². The maximum atomic E-state index is 5.90. The largest absolute Gasteiger partial charge is 0.474 e. The van der Waals surface area contributed by atoms with Crippen LogP contribution in [0.1, 0.15) is 25.7 Å². The van der Waals surface area contributed by atoms with E-state index in [4.69, 9.17) is 4.74 Å². The fourth-order valence-corrected chi connectivity index (χ4v) is 2.69. The standard InChI is InChI=1S/C14H21N3O/c1-2-10-17(9-1)12-3-4-14(16-11-12)18-13-5-7-15-8-6-13/h3-4,11,13,15H,1-2,5-10H2. The van der Waals surface area contributed by atoms with Crippen LogP contribution in [0.25, 0.3) is 0 Å². The molecule has 0 amide bonds. The van der Waals surface area contributed by atoms with Crippen molar-refractivity contribution < 1.29 is 4.74 Å². The second kappa shape index (κ2) is 5.57. The van der Waals surface area contributed by atoms with Crippen molar-refractivity contribution >= 4 is 5.69 Å². The predicted molar refractivity (Wildman–Crippen MR) is 72.2 cm³/mol. The Hall–Kier alpha value is -1.29. The second-order valence-corrected chi connectivity index (χ2v) is 5.12. The average Bonchev–Trinajstić information content (AvgIpc) is 2.95.